The van der Waals surface area contributed by atoms with Gasteiger partial charge in [-0.15, -0.1) is 0 Å². The number of nitrogens with zero attached hydrogens (tertiary/aromatic N) is 4. The third-order valence-corrected chi connectivity index (χ3v) is 5.44. The summed E-state index contributed by atoms with van der Waals surface area (Å²) in [6, 6.07) is 2.30. The first-order valence-electron chi connectivity index (χ1n) is 11.0. The molecule has 1 aliphatic carbocycles. The number of methoxy groups -OCH3 is 1. The number of nitrogens with one attached hydrogen (secondary N) is 1. The Kier molecular flexibility index (Phi) is 10.3. The van der Waals surface area contributed by atoms with Crippen molar-refractivity contribution in [3.8, 4) is 16.9 Å². The van der Waals surface area contributed by atoms with E-state index >= 15 is 0 Å². The van der Waals surface area contributed by atoms with Gasteiger partial charge in [-0.2, -0.15) is 15.1 Å². The molecule has 1 aliphatic rings. The lowest BCUT2D eigenvalue weighted by Crippen LogP contribution is -2.12. The van der Waals surface area contributed by atoms with E-state index in [9.17, 15) is 8.78 Å². The summed E-state index contributed by atoms with van der Waals surface area (Å²) < 4.78 is 36.3. The van der Waals surface area contributed by atoms with Crippen LogP contribution in [-0.4, -0.2) is 40.8 Å². The number of benzene rings is 1. The molecule has 32 heavy (non-hydrogen) atoms. The van der Waals surface area contributed by atoms with Crippen LogP contribution in [0.4, 0.5) is 8.78 Å². The van der Waals surface area contributed by atoms with Gasteiger partial charge in [-0.3, -0.25) is 0 Å². The molecule has 0 aliphatic heterocycles. The first-order valence-corrected chi connectivity index (χ1v) is 11.4. The largest absolute Gasteiger partial charge is 0.497 e. The maximum absolute atomic E-state index is 14.9. The number of hydrogen-bond acceptors (Lipinski definition) is 5. The van der Waals surface area contributed by atoms with Crippen molar-refractivity contribution in [1.29, 1.82) is 0 Å². The van der Waals surface area contributed by atoms with Gasteiger partial charge in [-0.25, -0.2) is 13.3 Å². The van der Waals surface area contributed by atoms with E-state index in [1.807, 2.05) is 27.9 Å². The van der Waals surface area contributed by atoms with E-state index in [2.05, 4.69) is 20.4 Å². The molecule has 0 spiro atoms. The van der Waals surface area contributed by atoms with Crippen LogP contribution in [-0.2, 0) is 0 Å². The van der Waals surface area contributed by atoms with E-state index in [0.29, 0.717) is 11.5 Å². The second-order valence-electron chi connectivity index (χ2n) is 7.29. The van der Waals surface area contributed by atoms with Crippen molar-refractivity contribution in [1.82, 2.24) is 24.9 Å². The highest BCUT2D eigenvalue weighted by atomic mass is 35.5. The minimum absolute atomic E-state index is 0.0257. The average molecular weight is 468 g/mol. The van der Waals surface area contributed by atoms with Crippen molar-refractivity contribution in [3.63, 3.8) is 0 Å². The van der Waals surface area contributed by atoms with E-state index in [4.69, 9.17) is 16.3 Å². The van der Waals surface area contributed by atoms with Crippen LogP contribution in [0.25, 0.3) is 16.9 Å². The topological polar surface area (TPSA) is 64.3 Å². The molecule has 1 saturated carbocycles. The van der Waals surface area contributed by atoms with Gasteiger partial charge in [-0.05, 0) is 26.9 Å². The number of rotatable bonds is 3. The average Bonchev–Trinajstić information content (AvgIpc) is 3.07. The fraction of sp³-hybridized carbons (Fsp3) is 0.522. The summed E-state index contributed by atoms with van der Waals surface area (Å²) in [5.41, 5.74) is 0.719. The van der Waals surface area contributed by atoms with Crippen molar-refractivity contribution in [3.05, 3.63) is 40.9 Å². The zero-order valence-corrected chi connectivity index (χ0v) is 20.1. The Bertz CT molecular complexity index is 980. The molecule has 6 nitrogen and oxygen atoms in total. The Hall–Kier alpha value is -2.32. The molecule has 0 saturated heterocycles. The molecule has 0 radical (unpaired) electrons. The summed E-state index contributed by atoms with van der Waals surface area (Å²) in [6.07, 6.45) is 7.58. The zero-order chi connectivity index (χ0) is 23.7. The van der Waals surface area contributed by atoms with E-state index in [1.54, 1.807) is 4.52 Å². The Morgan fingerprint density at radius 1 is 1.03 bits per heavy atom. The number of hydrogen-bond donors (Lipinski definition) is 1. The van der Waals surface area contributed by atoms with Crippen molar-refractivity contribution < 1.29 is 13.5 Å². The summed E-state index contributed by atoms with van der Waals surface area (Å²) in [6.45, 7) is 4.00. The fourth-order valence-corrected chi connectivity index (χ4v) is 4.17. The minimum atomic E-state index is -0.745. The first-order chi connectivity index (χ1) is 15.5. The predicted octanol–water partition coefficient (Wildman–Crippen LogP) is 6.03. The molecule has 0 atom stereocenters. The smallest absolute Gasteiger partial charge is 0.253 e. The van der Waals surface area contributed by atoms with Crippen molar-refractivity contribution in [2.75, 3.05) is 21.2 Å². The molecule has 1 aromatic carbocycles. The SMILES string of the molecule is CC.CNC.COc1cc(F)c(-c2c(Cl)nc3ncnn3c2C2CCCCCC2)c(F)c1. The van der Waals surface area contributed by atoms with Gasteiger partial charge >= 0.3 is 0 Å². The van der Waals surface area contributed by atoms with Gasteiger partial charge < -0.3 is 10.1 Å². The second-order valence-corrected chi connectivity index (χ2v) is 7.65. The molecule has 1 N–H and O–H groups in total. The monoisotopic (exact) mass is 467 g/mol. The van der Waals surface area contributed by atoms with Crippen LogP contribution in [0.5, 0.6) is 5.75 Å². The number of halogens is 3. The van der Waals surface area contributed by atoms with Crippen LogP contribution < -0.4 is 10.1 Å². The maximum Gasteiger partial charge on any atom is 0.253 e. The highest BCUT2D eigenvalue weighted by molar-refractivity contribution is 6.32. The molecule has 176 valence electrons. The molecular formula is C23H32ClF2N5O. The summed E-state index contributed by atoms with van der Waals surface area (Å²) in [5, 5.41) is 7.04. The summed E-state index contributed by atoms with van der Waals surface area (Å²) in [4.78, 5) is 8.32. The van der Waals surface area contributed by atoms with Gasteiger partial charge in [0.05, 0.1) is 18.4 Å². The standard InChI is InChI=1S/C19H19ClF2N4O.C2H7N.C2H6/c1-27-12-8-13(21)15(14(22)9-12)16-17(11-6-4-2-3-5-7-11)26-19(23-10-24-26)25-18(16)20;1-3-2;1-2/h8-11H,2-7H2,1H3;3H,1-2H3;1-2H3. The van der Waals surface area contributed by atoms with Crippen molar-refractivity contribution in [2.45, 2.75) is 58.3 Å². The summed E-state index contributed by atoms with van der Waals surface area (Å²) >= 11 is 6.42. The molecule has 0 unspecified atom stereocenters. The third-order valence-electron chi connectivity index (χ3n) is 5.16. The van der Waals surface area contributed by atoms with Crippen LogP contribution in [0.2, 0.25) is 5.15 Å². The predicted molar refractivity (Wildman–Crippen MR) is 124 cm³/mol. The van der Waals surface area contributed by atoms with Gasteiger partial charge in [0.25, 0.3) is 5.78 Å². The molecule has 4 rings (SSSR count). The van der Waals surface area contributed by atoms with Crippen molar-refractivity contribution >= 4 is 17.4 Å². The van der Waals surface area contributed by atoms with Crippen LogP contribution in [0.15, 0.2) is 18.5 Å². The van der Waals surface area contributed by atoms with E-state index in [-0.39, 0.29) is 27.9 Å². The molecule has 1 fully saturated rings. The Morgan fingerprint density at radius 2 is 1.59 bits per heavy atom. The lowest BCUT2D eigenvalue weighted by molar-refractivity contribution is 0.407. The van der Waals surface area contributed by atoms with Gasteiger partial charge in [0, 0.05) is 23.6 Å². The second kappa shape index (κ2) is 12.6. The number of aromatic nitrogens is 4. The maximum atomic E-state index is 14.9. The molecule has 0 bridgehead atoms. The van der Waals surface area contributed by atoms with E-state index < -0.39 is 11.6 Å². The fourth-order valence-electron chi connectivity index (χ4n) is 3.90. The van der Waals surface area contributed by atoms with Crippen LogP contribution in [0.1, 0.15) is 64.0 Å². The van der Waals surface area contributed by atoms with Crippen LogP contribution >= 0.6 is 11.6 Å². The first kappa shape index (κ1) is 25.9. The Labute approximate surface area is 193 Å². The molecule has 2 heterocycles. The van der Waals surface area contributed by atoms with Gasteiger partial charge in [0.15, 0.2) is 0 Å². The highest BCUT2D eigenvalue weighted by Crippen LogP contribution is 2.42. The van der Waals surface area contributed by atoms with Gasteiger partial charge in [0.1, 0.15) is 28.9 Å². The summed E-state index contributed by atoms with van der Waals surface area (Å²) in [5.74, 6) is -0.976. The lowest BCUT2D eigenvalue weighted by Gasteiger charge is -2.21. The third kappa shape index (κ3) is 5.72. The number of ether oxygens (including phenoxy) is 1. The summed E-state index contributed by atoms with van der Waals surface area (Å²) in [7, 11) is 5.11. The van der Waals surface area contributed by atoms with Gasteiger partial charge in [-0.1, -0.05) is 51.1 Å². The molecule has 2 aromatic heterocycles. The quantitative estimate of drug-likeness (QED) is 0.376. The zero-order valence-electron chi connectivity index (χ0n) is 19.4. The molecular weight excluding hydrogens is 436 g/mol. The van der Waals surface area contributed by atoms with Crippen molar-refractivity contribution in [2.24, 2.45) is 0 Å². The highest BCUT2D eigenvalue weighted by Gasteiger charge is 2.29. The Balaban J connectivity index is 0.000000671. The van der Waals surface area contributed by atoms with Crippen LogP contribution in [0.3, 0.4) is 0 Å². The van der Waals surface area contributed by atoms with E-state index in [1.165, 1.54) is 13.4 Å². The number of fused-ring (bicyclic) bond motifs is 1. The Morgan fingerprint density at radius 3 is 2.12 bits per heavy atom. The van der Waals surface area contributed by atoms with Crippen LogP contribution in [0, 0.1) is 11.6 Å². The van der Waals surface area contributed by atoms with E-state index in [0.717, 1.165) is 50.7 Å². The minimum Gasteiger partial charge on any atom is -0.497 e. The van der Waals surface area contributed by atoms with Gasteiger partial charge in [0.2, 0.25) is 0 Å². The normalized spacial score (nSPS) is 14.1. The lowest BCUT2D eigenvalue weighted by atomic mass is 9.90. The molecule has 9 heteroatoms. The molecule has 0 amide bonds. The molecule has 3 aromatic rings.